The van der Waals surface area contributed by atoms with Gasteiger partial charge in [0.1, 0.15) is 5.75 Å². The number of aliphatic carboxylic acids is 1. The first-order valence-corrected chi connectivity index (χ1v) is 6.66. The Kier molecular flexibility index (Phi) is 4.80. The van der Waals surface area contributed by atoms with E-state index in [1.165, 1.54) is 0 Å². The van der Waals surface area contributed by atoms with Crippen LogP contribution >= 0.6 is 0 Å². The normalized spacial score (nSPS) is 23.0. The average Bonchev–Trinajstić information content (AvgIpc) is 2.46. The summed E-state index contributed by atoms with van der Waals surface area (Å²) in [6.45, 7) is 0.576. The minimum Gasteiger partial charge on any atom is -0.497 e. The third-order valence-corrected chi connectivity index (χ3v) is 3.67. The molecule has 1 aromatic carbocycles. The van der Waals surface area contributed by atoms with E-state index in [0.29, 0.717) is 6.61 Å². The number of benzene rings is 1. The Morgan fingerprint density at radius 1 is 1.21 bits per heavy atom. The van der Waals surface area contributed by atoms with E-state index >= 15 is 0 Å². The number of carboxylic acids is 1. The van der Waals surface area contributed by atoms with Gasteiger partial charge in [-0.1, -0.05) is 12.1 Å². The highest BCUT2D eigenvalue weighted by atomic mass is 16.5. The summed E-state index contributed by atoms with van der Waals surface area (Å²) in [5.41, 5.74) is 1.11. The van der Waals surface area contributed by atoms with Gasteiger partial charge in [0.2, 0.25) is 0 Å². The fraction of sp³-hybridized carbons (Fsp3) is 0.533. The van der Waals surface area contributed by atoms with Crippen molar-refractivity contribution in [3.63, 3.8) is 0 Å². The molecule has 0 aliphatic heterocycles. The minimum atomic E-state index is -0.673. The molecule has 2 rings (SSSR count). The summed E-state index contributed by atoms with van der Waals surface area (Å²) in [6, 6.07) is 7.81. The summed E-state index contributed by atoms with van der Waals surface area (Å²) in [7, 11) is 1.65. The van der Waals surface area contributed by atoms with Gasteiger partial charge < -0.3 is 14.6 Å². The molecule has 1 N–H and O–H groups in total. The van der Waals surface area contributed by atoms with E-state index < -0.39 is 5.97 Å². The van der Waals surface area contributed by atoms with Crippen molar-refractivity contribution in [3.8, 4) is 5.75 Å². The van der Waals surface area contributed by atoms with Gasteiger partial charge in [-0.05, 0) is 43.4 Å². The zero-order valence-electron chi connectivity index (χ0n) is 11.2. The first-order chi connectivity index (χ1) is 9.19. The third kappa shape index (κ3) is 3.96. The molecular weight excluding hydrogens is 244 g/mol. The molecule has 0 amide bonds. The van der Waals surface area contributed by atoms with Gasteiger partial charge in [-0.15, -0.1) is 0 Å². The number of carbonyl (C=O) groups is 1. The Morgan fingerprint density at radius 3 is 2.37 bits per heavy atom. The Hall–Kier alpha value is -1.55. The first-order valence-electron chi connectivity index (χ1n) is 6.66. The molecule has 0 saturated heterocycles. The summed E-state index contributed by atoms with van der Waals surface area (Å²) >= 11 is 0. The van der Waals surface area contributed by atoms with Gasteiger partial charge in [-0.2, -0.15) is 0 Å². The minimum absolute atomic E-state index is 0.180. The smallest absolute Gasteiger partial charge is 0.306 e. The standard InChI is InChI=1S/C15H20O4/c1-18-13-6-2-11(3-7-13)10-19-14-8-4-12(5-9-14)15(16)17/h2-3,6-7,12,14H,4-5,8-10H2,1H3,(H,16,17). The van der Waals surface area contributed by atoms with Crippen LogP contribution in [0.15, 0.2) is 24.3 Å². The Bertz CT molecular complexity index is 405. The van der Waals surface area contributed by atoms with E-state index in [1.807, 2.05) is 24.3 Å². The molecule has 1 aromatic rings. The van der Waals surface area contributed by atoms with Gasteiger partial charge in [0.05, 0.1) is 25.7 Å². The fourth-order valence-corrected chi connectivity index (χ4v) is 2.41. The van der Waals surface area contributed by atoms with E-state index in [1.54, 1.807) is 7.11 Å². The number of hydrogen-bond acceptors (Lipinski definition) is 3. The van der Waals surface area contributed by atoms with E-state index in [2.05, 4.69) is 0 Å². The molecule has 104 valence electrons. The van der Waals surface area contributed by atoms with E-state index in [0.717, 1.165) is 37.0 Å². The first kappa shape index (κ1) is 13.9. The van der Waals surface area contributed by atoms with Gasteiger partial charge in [0, 0.05) is 0 Å². The maximum absolute atomic E-state index is 10.8. The monoisotopic (exact) mass is 264 g/mol. The molecule has 0 aromatic heterocycles. The van der Waals surface area contributed by atoms with Gasteiger partial charge in [-0.3, -0.25) is 4.79 Å². The maximum Gasteiger partial charge on any atom is 0.306 e. The predicted molar refractivity (Wildman–Crippen MR) is 71.2 cm³/mol. The second-order valence-corrected chi connectivity index (χ2v) is 4.97. The molecule has 0 unspecified atom stereocenters. The van der Waals surface area contributed by atoms with Crippen molar-refractivity contribution in [3.05, 3.63) is 29.8 Å². The molecule has 0 radical (unpaired) electrons. The Labute approximate surface area is 113 Å². The summed E-state index contributed by atoms with van der Waals surface area (Å²) in [5, 5.41) is 8.93. The van der Waals surface area contributed by atoms with Crippen LogP contribution in [0.4, 0.5) is 0 Å². The van der Waals surface area contributed by atoms with Crippen molar-refractivity contribution in [2.24, 2.45) is 5.92 Å². The highest BCUT2D eigenvalue weighted by molar-refractivity contribution is 5.70. The van der Waals surface area contributed by atoms with Crippen LogP contribution in [0.2, 0.25) is 0 Å². The van der Waals surface area contributed by atoms with Crippen LogP contribution in [-0.2, 0) is 16.1 Å². The van der Waals surface area contributed by atoms with Gasteiger partial charge >= 0.3 is 5.97 Å². The van der Waals surface area contributed by atoms with Gasteiger partial charge in [0.15, 0.2) is 0 Å². The molecule has 1 saturated carbocycles. The number of methoxy groups -OCH3 is 1. The van der Waals surface area contributed by atoms with Crippen molar-refractivity contribution in [1.82, 2.24) is 0 Å². The molecule has 4 nitrogen and oxygen atoms in total. The number of ether oxygens (including phenoxy) is 2. The summed E-state index contributed by atoms with van der Waals surface area (Å²) in [6.07, 6.45) is 3.32. The van der Waals surface area contributed by atoms with Crippen molar-refractivity contribution in [2.45, 2.75) is 38.4 Å². The largest absolute Gasteiger partial charge is 0.497 e. The third-order valence-electron chi connectivity index (χ3n) is 3.67. The van der Waals surface area contributed by atoms with Crippen molar-refractivity contribution < 1.29 is 19.4 Å². The van der Waals surface area contributed by atoms with Crippen molar-refractivity contribution in [1.29, 1.82) is 0 Å². The Balaban J connectivity index is 1.75. The van der Waals surface area contributed by atoms with Crippen molar-refractivity contribution in [2.75, 3.05) is 7.11 Å². The molecule has 0 heterocycles. The summed E-state index contributed by atoms with van der Waals surface area (Å²) in [5.74, 6) is -0.0137. The highest BCUT2D eigenvalue weighted by Gasteiger charge is 2.26. The SMILES string of the molecule is COc1ccc(COC2CCC(C(=O)O)CC2)cc1. The average molecular weight is 264 g/mol. The van der Waals surface area contributed by atoms with Gasteiger partial charge in [0.25, 0.3) is 0 Å². The molecule has 0 bridgehead atoms. The lowest BCUT2D eigenvalue weighted by atomic mass is 9.87. The van der Waals surface area contributed by atoms with Gasteiger partial charge in [-0.25, -0.2) is 0 Å². The summed E-state index contributed by atoms with van der Waals surface area (Å²) in [4.78, 5) is 10.8. The summed E-state index contributed by atoms with van der Waals surface area (Å²) < 4.78 is 10.9. The van der Waals surface area contributed by atoms with E-state index in [9.17, 15) is 4.79 Å². The molecule has 4 heteroatoms. The van der Waals surface area contributed by atoms with Crippen LogP contribution in [0, 0.1) is 5.92 Å². The van der Waals surface area contributed by atoms with Crippen LogP contribution in [-0.4, -0.2) is 24.3 Å². The lowest BCUT2D eigenvalue weighted by Crippen LogP contribution is -2.25. The number of hydrogen-bond donors (Lipinski definition) is 1. The molecule has 1 aliphatic rings. The lowest BCUT2D eigenvalue weighted by molar-refractivity contribution is -0.143. The molecule has 0 spiro atoms. The lowest BCUT2D eigenvalue weighted by Gasteiger charge is -2.26. The molecule has 1 aliphatic carbocycles. The second kappa shape index (κ2) is 6.57. The van der Waals surface area contributed by atoms with Crippen LogP contribution in [0.1, 0.15) is 31.2 Å². The predicted octanol–water partition coefficient (Wildman–Crippen LogP) is 2.86. The number of rotatable bonds is 5. The fourth-order valence-electron chi connectivity index (χ4n) is 2.41. The maximum atomic E-state index is 10.8. The quantitative estimate of drug-likeness (QED) is 0.888. The van der Waals surface area contributed by atoms with Crippen molar-refractivity contribution >= 4 is 5.97 Å². The zero-order valence-corrected chi connectivity index (χ0v) is 11.2. The molecule has 0 atom stereocenters. The molecular formula is C15H20O4. The highest BCUT2D eigenvalue weighted by Crippen LogP contribution is 2.27. The van der Waals surface area contributed by atoms with Crippen LogP contribution in [0.5, 0.6) is 5.75 Å². The topological polar surface area (TPSA) is 55.8 Å². The number of carboxylic acid groups (broad SMARTS) is 1. The van der Waals surface area contributed by atoms with Crippen LogP contribution < -0.4 is 4.74 Å². The Morgan fingerprint density at radius 2 is 1.84 bits per heavy atom. The van der Waals surface area contributed by atoms with E-state index in [-0.39, 0.29) is 12.0 Å². The van der Waals surface area contributed by atoms with Crippen LogP contribution in [0.25, 0.3) is 0 Å². The second-order valence-electron chi connectivity index (χ2n) is 4.97. The van der Waals surface area contributed by atoms with E-state index in [4.69, 9.17) is 14.6 Å². The molecule has 1 fully saturated rings. The zero-order chi connectivity index (χ0) is 13.7. The molecule has 19 heavy (non-hydrogen) atoms. The van der Waals surface area contributed by atoms with Crippen LogP contribution in [0.3, 0.4) is 0 Å².